The number of anilines is 1. The Bertz CT molecular complexity index is 701. The molecule has 1 amide bonds. The Labute approximate surface area is 154 Å². The predicted octanol–water partition coefficient (Wildman–Crippen LogP) is 4.73. The molecule has 2 aromatic rings. The van der Waals surface area contributed by atoms with Gasteiger partial charge in [-0.25, -0.2) is 0 Å². The third kappa shape index (κ3) is 3.90. The van der Waals surface area contributed by atoms with Crippen molar-refractivity contribution in [2.24, 2.45) is 0 Å². The van der Waals surface area contributed by atoms with Gasteiger partial charge in [-0.3, -0.25) is 4.79 Å². The van der Waals surface area contributed by atoms with Crippen LogP contribution in [0.1, 0.15) is 52.2 Å². The molecule has 2 aliphatic rings. The molecule has 1 aliphatic carbocycles. The van der Waals surface area contributed by atoms with Crippen LogP contribution in [0.3, 0.4) is 0 Å². The first-order chi connectivity index (χ1) is 12.3. The summed E-state index contributed by atoms with van der Waals surface area (Å²) in [6.07, 6.45) is 8.37. The summed E-state index contributed by atoms with van der Waals surface area (Å²) >= 11 is 1.74. The second kappa shape index (κ2) is 7.61. The maximum atomic E-state index is 13.0. The van der Waals surface area contributed by atoms with Gasteiger partial charge in [0.1, 0.15) is 0 Å². The molecule has 3 nitrogen and oxygen atoms in total. The first kappa shape index (κ1) is 16.6. The molecule has 4 rings (SSSR count). The molecule has 0 bridgehead atoms. The van der Waals surface area contributed by atoms with Crippen molar-refractivity contribution in [1.29, 1.82) is 0 Å². The number of likely N-dealkylation sites (tertiary alicyclic amines) is 1. The number of aryl methyl sites for hydroxylation is 2. The molecular weight excluding hydrogens is 328 g/mol. The van der Waals surface area contributed by atoms with Crippen LogP contribution in [0.5, 0.6) is 0 Å². The van der Waals surface area contributed by atoms with Crippen molar-refractivity contribution in [3.8, 4) is 0 Å². The molecule has 0 radical (unpaired) electrons. The number of para-hydroxylation sites is 1. The minimum atomic E-state index is 0.234. The molecule has 1 atom stereocenters. The van der Waals surface area contributed by atoms with E-state index in [1.165, 1.54) is 29.7 Å². The van der Waals surface area contributed by atoms with E-state index in [9.17, 15) is 4.79 Å². The van der Waals surface area contributed by atoms with Crippen LogP contribution < -0.4 is 5.32 Å². The van der Waals surface area contributed by atoms with E-state index in [4.69, 9.17) is 0 Å². The first-order valence-electron chi connectivity index (χ1n) is 9.52. The predicted molar refractivity (Wildman–Crippen MR) is 105 cm³/mol. The second-order valence-corrected chi connectivity index (χ2v) is 8.36. The molecule has 0 spiro atoms. The van der Waals surface area contributed by atoms with Gasteiger partial charge in [-0.2, -0.15) is 0 Å². The Morgan fingerprint density at radius 3 is 2.80 bits per heavy atom. The molecule has 25 heavy (non-hydrogen) atoms. The van der Waals surface area contributed by atoms with Crippen molar-refractivity contribution in [3.63, 3.8) is 0 Å². The van der Waals surface area contributed by atoms with Crippen LogP contribution in [0.2, 0.25) is 0 Å². The van der Waals surface area contributed by atoms with Crippen LogP contribution in [0.4, 0.5) is 5.69 Å². The summed E-state index contributed by atoms with van der Waals surface area (Å²) in [5.41, 5.74) is 2.58. The monoisotopic (exact) mass is 354 g/mol. The highest BCUT2D eigenvalue weighted by Gasteiger charge is 2.26. The number of fused-ring (bicyclic) bond motifs is 1. The summed E-state index contributed by atoms with van der Waals surface area (Å²) in [7, 11) is 0. The topological polar surface area (TPSA) is 32.3 Å². The Kier molecular flexibility index (Phi) is 5.07. The summed E-state index contributed by atoms with van der Waals surface area (Å²) in [6.45, 7) is 1.69. The Morgan fingerprint density at radius 1 is 1.08 bits per heavy atom. The van der Waals surface area contributed by atoms with Crippen molar-refractivity contribution in [3.05, 3.63) is 51.7 Å². The highest BCUT2D eigenvalue weighted by molar-refractivity contribution is 7.14. The van der Waals surface area contributed by atoms with Gasteiger partial charge in [-0.05, 0) is 62.3 Å². The summed E-state index contributed by atoms with van der Waals surface area (Å²) in [4.78, 5) is 17.5. The van der Waals surface area contributed by atoms with Gasteiger partial charge < -0.3 is 10.2 Å². The highest BCUT2D eigenvalue weighted by atomic mass is 32.1. The van der Waals surface area contributed by atoms with Gasteiger partial charge in [0.05, 0.1) is 4.88 Å². The SMILES string of the molecule is O=C(c1cc2c(s1)CCCCC2)N1CCC[C@@H](Nc2ccccc2)C1. The zero-order chi connectivity index (χ0) is 17.1. The number of piperidine rings is 1. The average Bonchev–Trinajstić information content (AvgIpc) is 2.93. The van der Waals surface area contributed by atoms with E-state index >= 15 is 0 Å². The third-order valence-electron chi connectivity index (χ3n) is 5.31. The highest BCUT2D eigenvalue weighted by Crippen LogP contribution is 2.30. The Morgan fingerprint density at radius 2 is 1.92 bits per heavy atom. The molecule has 1 aliphatic heterocycles. The molecule has 1 saturated heterocycles. The summed E-state index contributed by atoms with van der Waals surface area (Å²) in [6, 6.07) is 12.8. The maximum Gasteiger partial charge on any atom is 0.264 e. The molecule has 1 aromatic heterocycles. The number of nitrogens with zero attached hydrogens (tertiary/aromatic N) is 1. The van der Waals surface area contributed by atoms with Crippen LogP contribution in [0.15, 0.2) is 36.4 Å². The number of nitrogens with one attached hydrogen (secondary N) is 1. The number of benzene rings is 1. The van der Waals surface area contributed by atoms with E-state index in [1.54, 1.807) is 11.3 Å². The van der Waals surface area contributed by atoms with E-state index in [0.29, 0.717) is 6.04 Å². The van der Waals surface area contributed by atoms with Crippen molar-refractivity contribution in [2.45, 2.75) is 51.0 Å². The minimum absolute atomic E-state index is 0.234. The number of hydrogen-bond acceptors (Lipinski definition) is 3. The second-order valence-electron chi connectivity index (χ2n) is 7.22. The Balaban J connectivity index is 1.43. The van der Waals surface area contributed by atoms with Gasteiger partial charge >= 0.3 is 0 Å². The van der Waals surface area contributed by atoms with Crippen LogP contribution >= 0.6 is 11.3 Å². The van der Waals surface area contributed by atoms with Crippen molar-refractivity contribution < 1.29 is 4.79 Å². The zero-order valence-corrected chi connectivity index (χ0v) is 15.5. The fourth-order valence-electron chi connectivity index (χ4n) is 3.98. The molecule has 1 aromatic carbocycles. The molecule has 4 heteroatoms. The quantitative estimate of drug-likeness (QED) is 0.808. The van der Waals surface area contributed by atoms with Gasteiger partial charge in [0.25, 0.3) is 5.91 Å². The standard InChI is InChI=1S/C21H26N2OS/c24-21(20-14-16-8-3-1-6-12-19(16)25-20)23-13-7-11-18(15-23)22-17-9-4-2-5-10-17/h2,4-5,9-10,14,18,22H,1,3,6-8,11-13,15H2/t18-/m1/s1. The van der Waals surface area contributed by atoms with E-state index in [0.717, 1.165) is 49.3 Å². The summed E-state index contributed by atoms with van der Waals surface area (Å²) < 4.78 is 0. The molecular formula is C21H26N2OS. The van der Waals surface area contributed by atoms with E-state index < -0.39 is 0 Å². The fraction of sp³-hybridized carbons (Fsp3) is 0.476. The largest absolute Gasteiger partial charge is 0.381 e. The van der Waals surface area contributed by atoms with Gasteiger partial charge in [0.2, 0.25) is 0 Å². The Hall–Kier alpha value is -1.81. The van der Waals surface area contributed by atoms with Gasteiger partial charge in [0, 0.05) is 29.7 Å². The maximum absolute atomic E-state index is 13.0. The van der Waals surface area contributed by atoms with Gasteiger partial charge in [0.15, 0.2) is 0 Å². The van der Waals surface area contributed by atoms with E-state index in [1.807, 2.05) is 18.2 Å². The number of carbonyl (C=O) groups excluding carboxylic acids is 1. The fourth-order valence-corrected chi connectivity index (χ4v) is 5.20. The van der Waals surface area contributed by atoms with E-state index in [-0.39, 0.29) is 5.91 Å². The lowest BCUT2D eigenvalue weighted by molar-refractivity contribution is 0.0719. The smallest absolute Gasteiger partial charge is 0.264 e. The minimum Gasteiger partial charge on any atom is -0.381 e. The van der Waals surface area contributed by atoms with Crippen molar-refractivity contribution >= 4 is 22.9 Å². The lowest BCUT2D eigenvalue weighted by Crippen LogP contribution is -2.44. The number of rotatable bonds is 3. The van der Waals surface area contributed by atoms with Gasteiger partial charge in [-0.15, -0.1) is 11.3 Å². The lowest BCUT2D eigenvalue weighted by Gasteiger charge is -2.33. The molecule has 0 unspecified atom stereocenters. The van der Waals surface area contributed by atoms with Crippen LogP contribution in [0.25, 0.3) is 0 Å². The lowest BCUT2D eigenvalue weighted by atomic mass is 10.0. The number of carbonyl (C=O) groups is 1. The number of hydrogen-bond donors (Lipinski definition) is 1. The molecule has 0 saturated carbocycles. The zero-order valence-electron chi connectivity index (χ0n) is 14.7. The normalized spacial score (nSPS) is 20.6. The first-order valence-corrected chi connectivity index (χ1v) is 10.3. The average molecular weight is 355 g/mol. The van der Waals surface area contributed by atoms with Gasteiger partial charge in [-0.1, -0.05) is 24.6 Å². The van der Waals surface area contributed by atoms with Crippen molar-refractivity contribution in [2.75, 3.05) is 18.4 Å². The molecule has 2 heterocycles. The van der Waals surface area contributed by atoms with E-state index in [2.05, 4.69) is 28.4 Å². The number of thiophene rings is 1. The van der Waals surface area contributed by atoms with Crippen LogP contribution in [-0.2, 0) is 12.8 Å². The summed E-state index contributed by atoms with van der Waals surface area (Å²) in [5, 5.41) is 3.58. The third-order valence-corrected chi connectivity index (χ3v) is 6.54. The molecule has 1 fully saturated rings. The molecule has 132 valence electrons. The van der Waals surface area contributed by atoms with Crippen LogP contribution in [0, 0.1) is 0 Å². The van der Waals surface area contributed by atoms with Crippen LogP contribution in [-0.4, -0.2) is 29.9 Å². The molecule has 1 N–H and O–H groups in total. The number of amides is 1. The van der Waals surface area contributed by atoms with Crippen molar-refractivity contribution in [1.82, 2.24) is 4.90 Å². The summed E-state index contributed by atoms with van der Waals surface area (Å²) in [5.74, 6) is 0.234.